The molecule has 2 atom stereocenters. The van der Waals surface area contributed by atoms with Gasteiger partial charge in [-0.2, -0.15) is 5.10 Å². The summed E-state index contributed by atoms with van der Waals surface area (Å²) < 4.78 is 2.04. The summed E-state index contributed by atoms with van der Waals surface area (Å²) in [6.45, 7) is 4.16. The minimum absolute atomic E-state index is 0.631. The predicted octanol–water partition coefficient (Wildman–Crippen LogP) is 3.74. The smallest absolute Gasteiger partial charge is 0.0654 e. The normalized spacial score (nSPS) is 24.6. The van der Waals surface area contributed by atoms with Gasteiger partial charge in [-0.1, -0.05) is 18.2 Å². The van der Waals surface area contributed by atoms with Crippen LogP contribution in [0.5, 0.6) is 0 Å². The quantitative estimate of drug-likeness (QED) is 0.841. The lowest BCUT2D eigenvalue weighted by atomic mass is 9.95. The van der Waals surface area contributed by atoms with Crippen LogP contribution in [0.15, 0.2) is 36.4 Å². The third-order valence-electron chi connectivity index (χ3n) is 5.21. The van der Waals surface area contributed by atoms with Crippen molar-refractivity contribution in [2.75, 3.05) is 7.05 Å². The van der Waals surface area contributed by atoms with Crippen molar-refractivity contribution in [1.82, 2.24) is 14.7 Å². The molecule has 0 N–H and O–H groups in total. The first kappa shape index (κ1) is 13.8. The number of hydrogen-bond acceptors (Lipinski definition) is 2. The van der Waals surface area contributed by atoms with Crippen molar-refractivity contribution in [3.05, 3.63) is 53.4 Å². The Morgan fingerprint density at radius 3 is 2.73 bits per heavy atom. The van der Waals surface area contributed by atoms with Gasteiger partial charge in [0.2, 0.25) is 0 Å². The van der Waals surface area contributed by atoms with Crippen LogP contribution in [0.3, 0.4) is 0 Å². The average molecular weight is 293 g/mol. The molecule has 2 aliphatic heterocycles. The molecule has 2 bridgehead atoms. The summed E-state index contributed by atoms with van der Waals surface area (Å²) in [5.41, 5.74) is 6.28. The molecule has 1 aromatic carbocycles. The first-order chi connectivity index (χ1) is 10.6. The van der Waals surface area contributed by atoms with E-state index in [4.69, 9.17) is 0 Å². The van der Waals surface area contributed by atoms with Gasteiger partial charge in [-0.3, -0.25) is 4.90 Å². The Balaban J connectivity index is 1.71. The van der Waals surface area contributed by atoms with Gasteiger partial charge >= 0.3 is 0 Å². The van der Waals surface area contributed by atoms with Gasteiger partial charge in [0.15, 0.2) is 0 Å². The summed E-state index contributed by atoms with van der Waals surface area (Å²) in [6.07, 6.45) is 6.29. The zero-order chi connectivity index (χ0) is 15.3. The summed E-state index contributed by atoms with van der Waals surface area (Å²) in [7, 11) is 2.27. The predicted molar refractivity (Wildman–Crippen MR) is 90.2 cm³/mol. The van der Waals surface area contributed by atoms with E-state index in [0.29, 0.717) is 6.04 Å². The van der Waals surface area contributed by atoms with Gasteiger partial charge in [0.05, 0.1) is 11.4 Å². The summed E-state index contributed by atoms with van der Waals surface area (Å²) >= 11 is 0. The lowest BCUT2D eigenvalue weighted by Crippen LogP contribution is -2.34. The first-order valence-corrected chi connectivity index (χ1v) is 8.18. The second-order valence-corrected chi connectivity index (χ2v) is 6.75. The Kier molecular flexibility index (Phi) is 3.19. The Bertz CT molecular complexity index is 741. The topological polar surface area (TPSA) is 21.1 Å². The SMILES string of the molecule is Cc1cc(C)n(-c2cccc(C3=CC4CCC(C3)N4C)c2)n1. The zero-order valence-electron chi connectivity index (χ0n) is 13.6. The van der Waals surface area contributed by atoms with E-state index < -0.39 is 0 Å². The molecular formula is C19H23N3. The molecule has 2 aliphatic rings. The summed E-state index contributed by atoms with van der Waals surface area (Å²) in [5.74, 6) is 0. The van der Waals surface area contributed by atoms with E-state index in [0.717, 1.165) is 17.4 Å². The van der Waals surface area contributed by atoms with Gasteiger partial charge in [-0.15, -0.1) is 0 Å². The number of fused-ring (bicyclic) bond motifs is 2. The molecule has 3 nitrogen and oxygen atoms in total. The van der Waals surface area contributed by atoms with Crippen molar-refractivity contribution in [2.45, 2.75) is 45.2 Å². The molecule has 0 radical (unpaired) electrons. The number of rotatable bonds is 2. The van der Waals surface area contributed by atoms with Crippen LogP contribution in [0.2, 0.25) is 0 Å². The largest absolute Gasteiger partial charge is 0.297 e. The van der Waals surface area contributed by atoms with Gasteiger partial charge in [0.25, 0.3) is 0 Å². The molecule has 3 heterocycles. The van der Waals surface area contributed by atoms with E-state index >= 15 is 0 Å². The van der Waals surface area contributed by atoms with E-state index in [1.54, 1.807) is 0 Å². The number of likely N-dealkylation sites (N-methyl/N-ethyl adjacent to an activating group) is 1. The van der Waals surface area contributed by atoms with E-state index in [1.807, 2.05) is 11.6 Å². The number of aryl methyl sites for hydroxylation is 2. The maximum Gasteiger partial charge on any atom is 0.0654 e. The second kappa shape index (κ2) is 5.10. The van der Waals surface area contributed by atoms with Crippen molar-refractivity contribution in [3.63, 3.8) is 0 Å². The van der Waals surface area contributed by atoms with E-state index in [9.17, 15) is 0 Å². The standard InChI is InChI=1S/C19H23N3/c1-13-9-14(2)22(20-13)19-6-4-5-15(10-19)16-11-17-7-8-18(12-16)21(17)3/h4-6,9-11,17-18H,7-8,12H2,1-3H3. The molecule has 114 valence electrons. The Hall–Kier alpha value is -1.87. The summed E-state index contributed by atoms with van der Waals surface area (Å²) in [6, 6.07) is 12.3. The van der Waals surface area contributed by atoms with Crippen LogP contribution >= 0.6 is 0 Å². The Labute approximate surface area is 132 Å². The number of benzene rings is 1. The average Bonchev–Trinajstić information content (AvgIpc) is 2.93. The molecule has 0 amide bonds. The van der Waals surface area contributed by atoms with Crippen molar-refractivity contribution in [1.29, 1.82) is 0 Å². The molecule has 4 rings (SSSR count). The molecule has 0 aliphatic carbocycles. The zero-order valence-corrected chi connectivity index (χ0v) is 13.6. The van der Waals surface area contributed by atoms with Crippen LogP contribution in [0, 0.1) is 13.8 Å². The second-order valence-electron chi connectivity index (χ2n) is 6.75. The third-order valence-corrected chi connectivity index (χ3v) is 5.21. The Morgan fingerprint density at radius 1 is 1.14 bits per heavy atom. The number of aromatic nitrogens is 2. The van der Waals surface area contributed by atoms with E-state index in [1.165, 1.54) is 36.1 Å². The highest BCUT2D eigenvalue weighted by Crippen LogP contribution is 2.37. The lowest BCUT2D eigenvalue weighted by Gasteiger charge is -2.30. The lowest BCUT2D eigenvalue weighted by molar-refractivity contribution is 0.264. The molecule has 1 aromatic heterocycles. The fourth-order valence-electron chi connectivity index (χ4n) is 3.98. The fraction of sp³-hybridized carbons (Fsp3) is 0.421. The van der Waals surface area contributed by atoms with E-state index in [-0.39, 0.29) is 0 Å². The molecule has 1 fully saturated rings. The monoisotopic (exact) mass is 293 g/mol. The molecule has 2 aromatic rings. The van der Waals surface area contributed by atoms with Crippen molar-refractivity contribution in [2.24, 2.45) is 0 Å². The van der Waals surface area contributed by atoms with Gasteiger partial charge in [-0.05, 0) is 69.5 Å². The summed E-state index contributed by atoms with van der Waals surface area (Å²) in [5, 5.41) is 4.61. The highest BCUT2D eigenvalue weighted by Gasteiger charge is 2.33. The van der Waals surface area contributed by atoms with Crippen LogP contribution in [-0.2, 0) is 0 Å². The fourth-order valence-corrected chi connectivity index (χ4v) is 3.98. The highest BCUT2D eigenvalue weighted by molar-refractivity contribution is 5.69. The van der Waals surface area contributed by atoms with Crippen molar-refractivity contribution < 1.29 is 0 Å². The van der Waals surface area contributed by atoms with Crippen molar-refractivity contribution in [3.8, 4) is 5.69 Å². The number of nitrogens with zero attached hydrogens (tertiary/aromatic N) is 3. The van der Waals surface area contributed by atoms with Crippen LogP contribution in [0.4, 0.5) is 0 Å². The molecule has 0 saturated carbocycles. The van der Waals surface area contributed by atoms with Crippen LogP contribution in [0.1, 0.15) is 36.2 Å². The van der Waals surface area contributed by atoms with Crippen LogP contribution in [-0.4, -0.2) is 33.8 Å². The van der Waals surface area contributed by atoms with Gasteiger partial charge in [0.1, 0.15) is 0 Å². The van der Waals surface area contributed by atoms with Gasteiger partial charge in [-0.25, -0.2) is 4.68 Å². The van der Waals surface area contributed by atoms with Crippen LogP contribution < -0.4 is 0 Å². The van der Waals surface area contributed by atoms with E-state index in [2.05, 4.69) is 60.4 Å². The molecule has 2 unspecified atom stereocenters. The molecular weight excluding hydrogens is 270 g/mol. The minimum atomic E-state index is 0.631. The van der Waals surface area contributed by atoms with Crippen LogP contribution in [0.25, 0.3) is 11.3 Å². The maximum absolute atomic E-state index is 4.61. The maximum atomic E-state index is 4.61. The molecule has 3 heteroatoms. The third kappa shape index (κ3) is 2.20. The van der Waals surface area contributed by atoms with Gasteiger partial charge in [0, 0.05) is 17.8 Å². The number of hydrogen-bond donors (Lipinski definition) is 0. The summed E-state index contributed by atoms with van der Waals surface area (Å²) in [4.78, 5) is 2.54. The molecule has 0 spiro atoms. The van der Waals surface area contributed by atoms with Gasteiger partial charge < -0.3 is 0 Å². The minimum Gasteiger partial charge on any atom is -0.297 e. The highest BCUT2D eigenvalue weighted by atomic mass is 15.3. The van der Waals surface area contributed by atoms with Crippen molar-refractivity contribution >= 4 is 5.57 Å². The Morgan fingerprint density at radius 2 is 2.00 bits per heavy atom. The molecule has 22 heavy (non-hydrogen) atoms. The first-order valence-electron chi connectivity index (χ1n) is 8.18. The molecule has 1 saturated heterocycles.